The van der Waals surface area contributed by atoms with Crippen LogP contribution >= 0.6 is 0 Å². The van der Waals surface area contributed by atoms with Crippen molar-refractivity contribution in [3.05, 3.63) is 35.9 Å². The minimum atomic E-state index is -0.0743. The third-order valence-electron chi connectivity index (χ3n) is 2.71. The first-order valence-electron chi connectivity index (χ1n) is 6.73. The summed E-state index contributed by atoms with van der Waals surface area (Å²) in [5.74, 6) is -0.0743. The van der Waals surface area contributed by atoms with E-state index in [4.69, 9.17) is 4.74 Å². The number of rotatable bonds is 9. The topological polar surface area (TPSA) is 38.3 Å². The van der Waals surface area contributed by atoms with Crippen molar-refractivity contribution in [3.8, 4) is 0 Å². The van der Waals surface area contributed by atoms with Gasteiger partial charge in [-0.2, -0.15) is 0 Å². The normalized spacial score (nSPS) is 10.3. The van der Waals surface area contributed by atoms with Crippen LogP contribution in [-0.4, -0.2) is 19.1 Å². The first-order chi connectivity index (χ1) is 8.83. The summed E-state index contributed by atoms with van der Waals surface area (Å²) in [5, 5.41) is 3.40. The van der Waals surface area contributed by atoms with E-state index >= 15 is 0 Å². The molecule has 0 heterocycles. The van der Waals surface area contributed by atoms with Crippen LogP contribution in [0.3, 0.4) is 0 Å². The molecule has 0 spiro atoms. The number of carbonyl (C=O) groups is 1. The molecule has 0 atom stereocenters. The molecular weight excluding hydrogens is 226 g/mol. The van der Waals surface area contributed by atoms with Gasteiger partial charge >= 0.3 is 5.97 Å². The Morgan fingerprint density at radius 3 is 2.67 bits per heavy atom. The molecule has 3 nitrogen and oxygen atoms in total. The first-order valence-corrected chi connectivity index (χ1v) is 6.73. The van der Waals surface area contributed by atoms with Crippen LogP contribution in [0.5, 0.6) is 0 Å². The van der Waals surface area contributed by atoms with Crippen LogP contribution in [0.1, 0.15) is 38.2 Å². The van der Waals surface area contributed by atoms with Gasteiger partial charge in [0.05, 0.1) is 6.61 Å². The number of benzene rings is 1. The summed E-state index contributed by atoms with van der Waals surface area (Å²) < 4.78 is 4.87. The van der Waals surface area contributed by atoms with Gasteiger partial charge < -0.3 is 10.1 Å². The molecule has 1 aromatic carbocycles. The smallest absolute Gasteiger partial charge is 0.305 e. The van der Waals surface area contributed by atoms with E-state index in [1.807, 2.05) is 13.0 Å². The maximum Gasteiger partial charge on any atom is 0.305 e. The highest BCUT2D eigenvalue weighted by molar-refractivity contribution is 5.69. The van der Waals surface area contributed by atoms with Crippen LogP contribution in [0, 0.1) is 0 Å². The standard InChI is InChI=1S/C15H23NO2/c1-2-18-15(17)11-7-4-8-12-16-13-14-9-5-3-6-10-14/h3,5-6,9-10,16H,2,4,7-8,11-13H2,1H3. The van der Waals surface area contributed by atoms with Crippen LogP contribution in [0.25, 0.3) is 0 Å². The lowest BCUT2D eigenvalue weighted by Crippen LogP contribution is -2.14. The van der Waals surface area contributed by atoms with Gasteiger partial charge in [0.2, 0.25) is 0 Å². The monoisotopic (exact) mass is 249 g/mol. The Morgan fingerprint density at radius 2 is 1.94 bits per heavy atom. The molecule has 1 N–H and O–H groups in total. The molecule has 0 amide bonds. The Balaban J connectivity index is 1.92. The summed E-state index contributed by atoms with van der Waals surface area (Å²) in [7, 11) is 0. The molecule has 0 aromatic heterocycles. The number of nitrogens with one attached hydrogen (secondary N) is 1. The highest BCUT2D eigenvalue weighted by Crippen LogP contribution is 2.01. The second kappa shape index (κ2) is 9.66. The van der Waals surface area contributed by atoms with E-state index in [1.54, 1.807) is 0 Å². The van der Waals surface area contributed by atoms with Gasteiger partial charge in [-0.25, -0.2) is 0 Å². The molecule has 0 bridgehead atoms. The number of esters is 1. The fraction of sp³-hybridized carbons (Fsp3) is 0.533. The molecule has 0 aliphatic rings. The average molecular weight is 249 g/mol. The van der Waals surface area contributed by atoms with E-state index in [0.29, 0.717) is 13.0 Å². The van der Waals surface area contributed by atoms with Crippen LogP contribution < -0.4 is 5.32 Å². The van der Waals surface area contributed by atoms with E-state index < -0.39 is 0 Å². The van der Waals surface area contributed by atoms with Crippen molar-refractivity contribution < 1.29 is 9.53 Å². The highest BCUT2D eigenvalue weighted by atomic mass is 16.5. The van der Waals surface area contributed by atoms with Gasteiger partial charge in [0, 0.05) is 13.0 Å². The fourth-order valence-corrected chi connectivity index (χ4v) is 1.76. The lowest BCUT2D eigenvalue weighted by molar-refractivity contribution is -0.143. The summed E-state index contributed by atoms with van der Waals surface area (Å²) in [6, 6.07) is 10.4. The molecule has 0 radical (unpaired) electrons. The summed E-state index contributed by atoms with van der Waals surface area (Å²) in [5.41, 5.74) is 1.31. The molecule has 0 fully saturated rings. The number of carbonyl (C=O) groups excluding carboxylic acids is 1. The maximum absolute atomic E-state index is 11.1. The Kier molecular flexibility index (Phi) is 7.89. The van der Waals surface area contributed by atoms with Crippen molar-refractivity contribution >= 4 is 5.97 Å². The number of unbranched alkanes of at least 4 members (excludes halogenated alkanes) is 2. The van der Waals surface area contributed by atoms with Crippen molar-refractivity contribution in [1.82, 2.24) is 5.32 Å². The lowest BCUT2D eigenvalue weighted by atomic mass is 10.2. The zero-order valence-corrected chi connectivity index (χ0v) is 11.2. The van der Waals surface area contributed by atoms with Crippen molar-refractivity contribution in [2.45, 2.75) is 39.2 Å². The van der Waals surface area contributed by atoms with Crippen LogP contribution in [0.4, 0.5) is 0 Å². The maximum atomic E-state index is 11.1. The van der Waals surface area contributed by atoms with E-state index in [-0.39, 0.29) is 5.97 Å². The number of ether oxygens (including phenoxy) is 1. The second-order valence-corrected chi connectivity index (χ2v) is 4.28. The quantitative estimate of drug-likeness (QED) is 0.540. The van der Waals surface area contributed by atoms with Crippen LogP contribution in [-0.2, 0) is 16.1 Å². The Hall–Kier alpha value is -1.35. The zero-order chi connectivity index (χ0) is 13.1. The Morgan fingerprint density at radius 1 is 1.17 bits per heavy atom. The Bertz CT molecular complexity index is 325. The van der Waals surface area contributed by atoms with E-state index in [1.165, 1.54) is 5.56 Å². The van der Waals surface area contributed by atoms with Gasteiger partial charge in [-0.3, -0.25) is 4.79 Å². The van der Waals surface area contributed by atoms with Gasteiger partial charge in [0.15, 0.2) is 0 Å². The average Bonchev–Trinajstić information content (AvgIpc) is 2.39. The summed E-state index contributed by atoms with van der Waals surface area (Å²) in [4.78, 5) is 11.1. The van der Waals surface area contributed by atoms with E-state index in [0.717, 1.165) is 32.4 Å². The number of hydrogen-bond acceptors (Lipinski definition) is 3. The van der Waals surface area contributed by atoms with E-state index in [9.17, 15) is 4.79 Å². The highest BCUT2D eigenvalue weighted by Gasteiger charge is 2.00. The molecule has 0 saturated carbocycles. The summed E-state index contributed by atoms with van der Waals surface area (Å²) >= 11 is 0. The molecule has 1 rings (SSSR count). The molecule has 100 valence electrons. The molecule has 0 unspecified atom stereocenters. The minimum absolute atomic E-state index is 0.0743. The van der Waals surface area contributed by atoms with Crippen LogP contribution in [0.2, 0.25) is 0 Å². The van der Waals surface area contributed by atoms with Crippen molar-refractivity contribution in [1.29, 1.82) is 0 Å². The molecule has 18 heavy (non-hydrogen) atoms. The molecule has 3 heteroatoms. The van der Waals surface area contributed by atoms with E-state index in [2.05, 4.69) is 29.6 Å². The van der Waals surface area contributed by atoms with Gasteiger partial charge in [0.1, 0.15) is 0 Å². The third kappa shape index (κ3) is 7.07. The first kappa shape index (κ1) is 14.7. The third-order valence-corrected chi connectivity index (χ3v) is 2.71. The minimum Gasteiger partial charge on any atom is -0.466 e. The SMILES string of the molecule is CCOC(=O)CCCCCNCc1ccccc1. The largest absolute Gasteiger partial charge is 0.466 e. The Labute approximate surface area is 110 Å². The molecule has 0 saturated heterocycles. The fourth-order valence-electron chi connectivity index (χ4n) is 1.76. The van der Waals surface area contributed by atoms with Crippen molar-refractivity contribution in [2.75, 3.05) is 13.2 Å². The second-order valence-electron chi connectivity index (χ2n) is 4.28. The molecule has 0 aliphatic heterocycles. The number of hydrogen-bond donors (Lipinski definition) is 1. The van der Waals surface area contributed by atoms with Gasteiger partial charge in [-0.15, -0.1) is 0 Å². The van der Waals surface area contributed by atoms with Crippen molar-refractivity contribution in [3.63, 3.8) is 0 Å². The predicted octanol–water partition coefficient (Wildman–Crippen LogP) is 2.90. The lowest BCUT2D eigenvalue weighted by Gasteiger charge is -2.05. The van der Waals surface area contributed by atoms with Crippen LogP contribution in [0.15, 0.2) is 30.3 Å². The van der Waals surface area contributed by atoms with Gasteiger partial charge in [0.25, 0.3) is 0 Å². The zero-order valence-electron chi connectivity index (χ0n) is 11.2. The molecular formula is C15H23NO2. The van der Waals surface area contributed by atoms with Gasteiger partial charge in [-0.05, 0) is 31.9 Å². The molecule has 0 aliphatic carbocycles. The van der Waals surface area contributed by atoms with Gasteiger partial charge in [-0.1, -0.05) is 36.8 Å². The van der Waals surface area contributed by atoms with Crippen molar-refractivity contribution in [2.24, 2.45) is 0 Å². The summed E-state index contributed by atoms with van der Waals surface area (Å²) in [6.45, 7) is 4.24. The molecule has 1 aromatic rings. The summed E-state index contributed by atoms with van der Waals surface area (Å²) in [6.07, 6.45) is 3.64. The predicted molar refractivity (Wildman–Crippen MR) is 73.2 cm³/mol.